The van der Waals surface area contributed by atoms with Crippen molar-refractivity contribution in [1.29, 1.82) is 0 Å². The van der Waals surface area contributed by atoms with Crippen LogP contribution in [0.1, 0.15) is 25.3 Å². The molecule has 1 nitrogen and oxygen atoms in total. The zero-order valence-corrected chi connectivity index (χ0v) is 10.2. The van der Waals surface area contributed by atoms with Gasteiger partial charge in [-0.25, -0.2) is 4.39 Å². The molecule has 0 radical (unpaired) electrons. The average molecular weight is 273 g/mol. The third-order valence-electron chi connectivity index (χ3n) is 3.35. The van der Waals surface area contributed by atoms with Crippen molar-refractivity contribution in [2.24, 2.45) is 5.41 Å². The Morgan fingerprint density at radius 3 is 2.73 bits per heavy atom. The van der Waals surface area contributed by atoms with Crippen molar-refractivity contribution in [1.82, 2.24) is 0 Å². The minimum absolute atomic E-state index is 0.00366. The van der Waals surface area contributed by atoms with Crippen LogP contribution in [-0.2, 0) is 6.42 Å². The van der Waals surface area contributed by atoms with E-state index in [1.54, 1.807) is 6.07 Å². The van der Waals surface area contributed by atoms with E-state index < -0.39 is 0 Å². The highest BCUT2D eigenvalue weighted by Gasteiger charge is 2.46. The summed E-state index contributed by atoms with van der Waals surface area (Å²) < 4.78 is 13.8. The molecule has 1 unspecified atom stereocenters. The molecule has 0 aromatic heterocycles. The topological polar surface area (TPSA) is 20.2 Å². The van der Waals surface area contributed by atoms with Crippen molar-refractivity contribution in [3.8, 4) is 0 Å². The molecule has 0 spiro atoms. The summed E-state index contributed by atoms with van der Waals surface area (Å²) in [5.41, 5.74) is 0.949. The molecule has 1 aromatic carbocycles. The van der Waals surface area contributed by atoms with Crippen LogP contribution in [0.4, 0.5) is 4.39 Å². The van der Waals surface area contributed by atoms with E-state index in [9.17, 15) is 9.50 Å². The van der Waals surface area contributed by atoms with Gasteiger partial charge in [0.25, 0.3) is 0 Å². The molecule has 1 aromatic rings. The van der Waals surface area contributed by atoms with Gasteiger partial charge in [0.1, 0.15) is 5.82 Å². The standard InChI is InChI=1S/C12H14BrFO/c1-8(15)12(5-6-12)7-9-3-2-4-10(14)11(9)13/h2-4,8,15H,5-7H2,1H3. The van der Waals surface area contributed by atoms with Crippen molar-refractivity contribution in [2.75, 3.05) is 0 Å². The van der Waals surface area contributed by atoms with Gasteiger partial charge < -0.3 is 5.11 Å². The Morgan fingerprint density at radius 2 is 2.20 bits per heavy atom. The lowest BCUT2D eigenvalue weighted by Crippen LogP contribution is -2.20. The Bertz CT molecular complexity index is 372. The van der Waals surface area contributed by atoms with Crippen LogP contribution in [0, 0.1) is 11.2 Å². The highest BCUT2D eigenvalue weighted by Crippen LogP contribution is 2.51. The molecule has 2 rings (SSSR count). The molecule has 1 aliphatic carbocycles. The first-order valence-corrected chi connectivity index (χ1v) is 5.95. The monoisotopic (exact) mass is 272 g/mol. The minimum Gasteiger partial charge on any atom is -0.393 e. The van der Waals surface area contributed by atoms with Gasteiger partial charge in [-0.2, -0.15) is 0 Å². The number of aliphatic hydroxyl groups excluding tert-OH is 1. The van der Waals surface area contributed by atoms with Crippen LogP contribution >= 0.6 is 15.9 Å². The van der Waals surface area contributed by atoms with E-state index in [4.69, 9.17) is 0 Å². The van der Waals surface area contributed by atoms with E-state index in [0.29, 0.717) is 4.47 Å². The van der Waals surface area contributed by atoms with Crippen LogP contribution in [0.2, 0.25) is 0 Å². The molecule has 3 heteroatoms. The number of aliphatic hydroxyl groups is 1. The summed E-state index contributed by atoms with van der Waals surface area (Å²) in [5, 5.41) is 9.66. The van der Waals surface area contributed by atoms with Gasteiger partial charge in [-0.3, -0.25) is 0 Å². The van der Waals surface area contributed by atoms with Crippen molar-refractivity contribution < 1.29 is 9.50 Å². The first-order chi connectivity index (χ1) is 7.05. The second-order valence-corrected chi connectivity index (χ2v) is 5.22. The zero-order valence-electron chi connectivity index (χ0n) is 8.63. The molecule has 0 amide bonds. The van der Waals surface area contributed by atoms with Crippen LogP contribution in [0.15, 0.2) is 22.7 Å². The van der Waals surface area contributed by atoms with Gasteiger partial charge in [-0.15, -0.1) is 0 Å². The van der Waals surface area contributed by atoms with Gasteiger partial charge in [0.15, 0.2) is 0 Å². The summed E-state index contributed by atoms with van der Waals surface area (Å²) >= 11 is 3.25. The van der Waals surface area contributed by atoms with E-state index in [0.717, 1.165) is 24.8 Å². The molecule has 0 heterocycles. The van der Waals surface area contributed by atoms with E-state index in [-0.39, 0.29) is 17.3 Å². The number of hydrogen-bond acceptors (Lipinski definition) is 1. The summed E-state index contributed by atoms with van der Waals surface area (Å²) in [6, 6.07) is 5.07. The van der Waals surface area contributed by atoms with Crippen LogP contribution < -0.4 is 0 Å². The molecule has 1 fully saturated rings. The molecular formula is C12H14BrFO. The molecular weight excluding hydrogens is 259 g/mol. The van der Waals surface area contributed by atoms with Crippen LogP contribution in [-0.4, -0.2) is 11.2 Å². The maximum absolute atomic E-state index is 13.3. The van der Waals surface area contributed by atoms with Crippen molar-refractivity contribution in [3.63, 3.8) is 0 Å². The molecule has 1 N–H and O–H groups in total. The van der Waals surface area contributed by atoms with Gasteiger partial charge in [0, 0.05) is 5.41 Å². The number of halogens is 2. The van der Waals surface area contributed by atoms with Gasteiger partial charge in [0.05, 0.1) is 10.6 Å². The molecule has 0 bridgehead atoms. The summed E-state index contributed by atoms with van der Waals surface area (Å²) in [6.45, 7) is 1.82. The molecule has 1 aliphatic rings. The fourth-order valence-corrected chi connectivity index (χ4v) is 2.37. The molecule has 1 saturated carbocycles. The molecule has 82 valence electrons. The maximum atomic E-state index is 13.3. The van der Waals surface area contributed by atoms with Crippen LogP contribution in [0.25, 0.3) is 0 Å². The van der Waals surface area contributed by atoms with Gasteiger partial charge in [-0.05, 0) is 53.7 Å². The predicted octanol–water partition coefficient (Wildman–Crippen LogP) is 3.29. The summed E-state index contributed by atoms with van der Waals surface area (Å²) in [4.78, 5) is 0. The van der Waals surface area contributed by atoms with Gasteiger partial charge >= 0.3 is 0 Å². The van der Waals surface area contributed by atoms with Gasteiger partial charge in [0.2, 0.25) is 0 Å². The maximum Gasteiger partial charge on any atom is 0.137 e. The molecule has 0 saturated heterocycles. The summed E-state index contributed by atoms with van der Waals surface area (Å²) in [7, 11) is 0. The number of hydrogen-bond donors (Lipinski definition) is 1. The normalized spacial score (nSPS) is 20.0. The van der Waals surface area contributed by atoms with E-state index in [2.05, 4.69) is 15.9 Å². The average Bonchev–Trinajstić information content (AvgIpc) is 2.94. The highest BCUT2D eigenvalue weighted by molar-refractivity contribution is 9.10. The molecule has 0 aliphatic heterocycles. The third kappa shape index (κ3) is 2.08. The molecule has 15 heavy (non-hydrogen) atoms. The lowest BCUT2D eigenvalue weighted by molar-refractivity contribution is 0.110. The van der Waals surface area contributed by atoms with Crippen molar-refractivity contribution >= 4 is 15.9 Å². The molecule has 1 atom stereocenters. The Balaban J connectivity index is 2.22. The Kier molecular flexibility index (Phi) is 2.86. The zero-order chi connectivity index (χ0) is 11.1. The summed E-state index contributed by atoms with van der Waals surface area (Å²) in [6.07, 6.45) is 2.51. The second-order valence-electron chi connectivity index (χ2n) is 4.43. The fraction of sp³-hybridized carbons (Fsp3) is 0.500. The predicted molar refractivity (Wildman–Crippen MR) is 61.2 cm³/mol. The third-order valence-corrected chi connectivity index (χ3v) is 4.24. The summed E-state index contributed by atoms with van der Waals surface area (Å²) in [5.74, 6) is -0.228. The van der Waals surface area contributed by atoms with E-state index in [1.165, 1.54) is 6.07 Å². The first kappa shape index (κ1) is 11.1. The Hall–Kier alpha value is -0.410. The fourth-order valence-electron chi connectivity index (χ4n) is 1.97. The Labute approximate surface area is 97.4 Å². The SMILES string of the molecule is CC(O)C1(Cc2cccc(F)c2Br)CC1. The van der Waals surface area contributed by atoms with E-state index in [1.807, 2.05) is 13.0 Å². The van der Waals surface area contributed by atoms with Gasteiger partial charge in [-0.1, -0.05) is 12.1 Å². The van der Waals surface area contributed by atoms with Crippen molar-refractivity contribution in [2.45, 2.75) is 32.3 Å². The first-order valence-electron chi connectivity index (χ1n) is 5.16. The van der Waals surface area contributed by atoms with Crippen molar-refractivity contribution in [3.05, 3.63) is 34.1 Å². The second kappa shape index (κ2) is 3.87. The quantitative estimate of drug-likeness (QED) is 0.896. The van der Waals surface area contributed by atoms with Crippen LogP contribution in [0.5, 0.6) is 0 Å². The Morgan fingerprint density at radius 1 is 1.53 bits per heavy atom. The smallest absolute Gasteiger partial charge is 0.137 e. The van der Waals surface area contributed by atoms with E-state index >= 15 is 0 Å². The largest absolute Gasteiger partial charge is 0.393 e. The highest BCUT2D eigenvalue weighted by atomic mass is 79.9. The lowest BCUT2D eigenvalue weighted by Gasteiger charge is -2.19. The minimum atomic E-state index is -0.312. The number of benzene rings is 1. The number of rotatable bonds is 3. The lowest BCUT2D eigenvalue weighted by atomic mass is 9.92. The van der Waals surface area contributed by atoms with Crippen LogP contribution in [0.3, 0.4) is 0 Å².